The van der Waals surface area contributed by atoms with E-state index in [1.807, 2.05) is 0 Å². The Labute approximate surface area is 135 Å². The van der Waals surface area contributed by atoms with Gasteiger partial charge in [-0.2, -0.15) is 0 Å². The molecule has 0 radical (unpaired) electrons. The molecule has 0 spiro atoms. The van der Waals surface area contributed by atoms with Crippen LogP contribution in [0.25, 0.3) is 0 Å². The van der Waals surface area contributed by atoms with Crippen LogP contribution >= 0.6 is 0 Å². The fraction of sp³-hybridized carbons (Fsp3) is 0.947. The number of nitrogens with two attached hydrogens (primary N) is 1. The van der Waals surface area contributed by atoms with Crippen molar-refractivity contribution >= 4 is 5.91 Å². The van der Waals surface area contributed by atoms with Gasteiger partial charge >= 0.3 is 0 Å². The maximum Gasteiger partial charge on any atom is 0.275 e. The fourth-order valence-electron chi connectivity index (χ4n) is 6.53. The summed E-state index contributed by atoms with van der Waals surface area (Å²) >= 11 is 0. The largest absolute Gasteiger partial charge is 0.348 e. The summed E-state index contributed by atoms with van der Waals surface area (Å²) < 4.78 is 0. The molecular formula is C19H33N2O+. The lowest BCUT2D eigenvalue weighted by atomic mass is 9.53. The summed E-state index contributed by atoms with van der Waals surface area (Å²) in [7, 11) is 0. The zero-order valence-corrected chi connectivity index (χ0v) is 14.2. The Kier molecular flexibility index (Phi) is 3.96. The van der Waals surface area contributed by atoms with E-state index in [2.05, 4.69) is 17.6 Å². The van der Waals surface area contributed by atoms with Crippen LogP contribution in [-0.2, 0) is 4.79 Å². The van der Waals surface area contributed by atoms with Gasteiger partial charge < -0.3 is 10.6 Å². The Bertz CT molecular complexity index is 398. The molecule has 0 aromatic rings. The van der Waals surface area contributed by atoms with Crippen molar-refractivity contribution in [1.29, 1.82) is 0 Å². The normalized spacial score (nSPS) is 46.7. The zero-order valence-electron chi connectivity index (χ0n) is 14.2. The summed E-state index contributed by atoms with van der Waals surface area (Å²) in [6, 6.07) is 0.436. The second-order valence-corrected chi connectivity index (χ2v) is 9.12. The van der Waals surface area contributed by atoms with E-state index in [0.29, 0.717) is 24.0 Å². The maximum atomic E-state index is 12.4. The average Bonchev–Trinajstić information content (AvgIpc) is 2.46. The molecule has 0 aromatic carbocycles. The topological polar surface area (TPSA) is 45.7 Å². The van der Waals surface area contributed by atoms with Crippen molar-refractivity contribution in [2.45, 2.75) is 82.7 Å². The number of hydrogen-bond acceptors (Lipinski definition) is 1. The summed E-state index contributed by atoms with van der Waals surface area (Å²) in [5.41, 5.74) is 0.435. The van der Waals surface area contributed by atoms with Crippen molar-refractivity contribution in [3.05, 3.63) is 0 Å². The van der Waals surface area contributed by atoms with Gasteiger partial charge in [-0.25, -0.2) is 0 Å². The molecule has 5 fully saturated rings. The molecule has 5 aliphatic rings. The molecule has 0 aliphatic heterocycles. The molecule has 22 heavy (non-hydrogen) atoms. The van der Waals surface area contributed by atoms with Gasteiger partial charge in [0.2, 0.25) is 0 Å². The van der Waals surface area contributed by atoms with Crippen LogP contribution in [0.4, 0.5) is 0 Å². The highest BCUT2D eigenvalue weighted by Gasteiger charge is 2.53. The molecule has 124 valence electrons. The van der Waals surface area contributed by atoms with Crippen LogP contribution in [0.2, 0.25) is 0 Å². The van der Waals surface area contributed by atoms with Crippen LogP contribution in [0.1, 0.15) is 71.1 Å². The lowest BCUT2D eigenvalue weighted by molar-refractivity contribution is -0.730. The van der Waals surface area contributed by atoms with Gasteiger partial charge in [0.25, 0.3) is 5.91 Å². The van der Waals surface area contributed by atoms with E-state index < -0.39 is 0 Å². The molecule has 4 bridgehead atoms. The van der Waals surface area contributed by atoms with Gasteiger partial charge in [0.05, 0.1) is 5.54 Å². The van der Waals surface area contributed by atoms with Gasteiger partial charge in [-0.15, -0.1) is 0 Å². The molecule has 5 aliphatic carbocycles. The third-order valence-corrected chi connectivity index (χ3v) is 7.26. The van der Waals surface area contributed by atoms with E-state index in [9.17, 15) is 4.79 Å². The van der Waals surface area contributed by atoms with Crippen molar-refractivity contribution < 1.29 is 10.1 Å². The van der Waals surface area contributed by atoms with Gasteiger partial charge in [0.15, 0.2) is 6.54 Å². The molecule has 5 rings (SSSR count). The second kappa shape index (κ2) is 5.81. The number of carbonyl (C=O) groups excluding carboxylic acids is 1. The Morgan fingerprint density at radius 1 is 1.05 bits per heavy atom. The molecule has 3 N–H and O–H groups in total. The van der Waals surface area contributed by atoms with Crippen LogP contribution in [0.3, 0.4) is 0 Å². The third-order valence-electron chi connectivity index (χ3n) is 7.26. The lowest BCUT2D eigenvalue weighted by Gasteiger charge is -2.54. The lowest BCUT2D eigenvalue weighted by Crippen LogP contribution is -3.00. The molecule has 3 nitrogen and oxygen atoms in total. The molecule has 3 heteroatoms. The molecule has 0 aromatic heterocycles. The van der Waals surface area contributed by atoms with Crippen LogP contribution < -0.4 is 10.6 Å². The van der Waals surface area contributed by atoms with Crippen LogP contribution in [0.5, 0.6) is 0 Å². The monoisotopic (exact) mass is 305 g/mol. The van der Waals surface area contributed by atoms with Crippen LogP contribution in [0.15, 0.2) is 0 Å². The predicted octanol–water partition coefficient (Wildman–Crippen LogP) is 2.21. The Morgan fingerprint density at radius 2 is 1.64 bits per heavy atom. The van der Waals surface area contributed by atoms with E-state index in [0.717, 1.165) is 17.8 Å². The quantitative estimate of drug-likeness (QED) is 0.822. The van der Waals surface area contributed by atoms with Crippen LogP contribution in [-0.4, -0.2) is 24.0 Å². The van der Waals surface area contributed by atoms with Crippen molar-refractivity contribution in [2.75, 3.05) is 6.54 Å². The summed E-state index contributed by atoms with van der Waals surface area (Å²) in [5.74, 6) is 3.88. The summed E-state index contributed by atoms with van der Waals surface area (Å²) in [4.78, 5) is 12.4. The number of quaternary nitrogens is 1. The SMILES string of the molecule is C[C@H]1CCCC[C@@H]1NC(=O)C[NH2+]C12CC3CC(CC(C3)C1)C2. The van der Waals surface area contributed by atoms with Gasteiger partial charge in [0, 0.05) is 25.3 Å². The Balaban J connectivity index is 1.30. The Morgan fingerprint density at radius 3 is 2.23 bits per heavy atom. The number of rotatable bonds is 4. The van der Waals surface area contributed by atoms with E-state index >= 15 is 0 Å². The second-order valence-electron chi connectivity index (χ2n) is 9.12. The summed E-state index contributed by atoms with van der Waals surface area (Å²) in [6.07, 6.45) is 13.7. The van der Waals surface area contributed by atoms with Gasteiger partial charge in [-0.1, -0.05) is 19.8 Å². The molecule has 1 amide bonds. The molecule has 0 unspecified atom stereocenters. The number of amides is 1. The smallest absolute Gasteiger partial charge is 0.275 e. The van der Waals surface area contributed by atoms with E-state index in [4.69, 9.17) is 0 Å². The van der Waals surface area contributed by atoms with Crippen molar-refractivity contribution in [3.63, 3.8) is 0 Å². The number of hydrogen-bond donors (Lipinski definition) is 2. The first kappa shape index (κ1) is 15.0. The molecule has 0 heterocycles. The van der Waals surface area contributed by atoms with Crippen molar-refractivity contribution in [3.8, 4) is 0 Å². The van der Waals surface area contributed by atoms with Crippen molar-refractivity contribution in [1.82, 2.24) is 5.32 Å². The fourth-order valence-corrected chi connectivity index (χ4v) is 6.53. The highest BCUT2D eigenvalue weighted by atomic mass is 16.2. The number of carbonyl (C=O) groups is 1. The van der Waals surface area contributed by atoms with E-state index in [1.54, 1.807) is 0 Å². The molecule has 0 saturated heterocycles. The van der Waals surface area contributed by atoms with E-state index in [-0.39, 0.29) is 5.91 Å². The first-order valence-electron chi connectivity index (χ1n) is 9.76. The van der Waals surface area contributed by atoms with E-state index in [1.165, 1.54) is 64.2 Å². The molecule has 2 atom stereocenters. The first-order valence-corrected chi connectivity index (χ1v) is 9.76. The minimum atomic E-state index is 0.287. The standard InChI is InChI=1S/C19H32N2O/c1-13-4-2-3-5-17(13)21-18(22)12-20-19-9-14-6-15(10-19)8-16(7-14)11-19/h13-17,20H,2-12H2,1H3,(H,21,22)/p+1/t13-,14?,15?,16?,17-,19?/m0/s1. The highest BCUT2D eigenvalue weighted by molar-refractivity contribution is 5.77. The Hall–Kier alpha value is -0.570. The minimum absolute atomic E-state index is 0.287. The maximum absolute atomic E-state index is 12.4. The predicted molar refractivity (Wildman–Crippen MR) is 87.3 cm³/mol. The summed E-state index contributed by atoms with van der Waals surface area (Å²) in [6.45, 7) is 2.96. The van der Waals surface area contributed by atoms with Gasteiger partial charge in [-0.05, 0) is 55.8 Å². The van der Waals surface area contributed by atoms with Crippen molar-refractivity contribution in [2.24, 2.45) is 23.7 Å². The van der Waals surface area contributed by atoms with Gasteiger partial charge in [-0.3, -0.25) is 4.79 Å². The molecular weight excluding hydrogens is 272 g/mol. The first-order chi connectivity index (χ1) is 10.6. The van der Waals surface area contributed by atoms with Gasteiger partial charge in [0.1, 0.15) is 0 Å². The summed E-state index contributed by atoms with van der Waals surface area (Å²) in [5, 5.41) is 5.78. The zero-order chi connectivity index (χ0) is 15.2. The third kappa shape index (κ3) is 2.93. The van der Waals surface area contributed by atoms with Crippen LogP contribution in [0, 0.1) is 23.7 Å². The minimum Gasteiger partial charge on any atom is -0.348 e. The highest BCUT2D eigenvalue weighted by Crippen LogP contribution is 2.54. The average molecular weight is 305 g/mol. The molecule has 5 saturated carbocycles. The number of nitrogens with one attached hydrogen (secondary N) is 1.